The summed E-state index contributed by atoms with van der Waals surface area (Å²) in [5, 5.41) is 10.1. The van der Waals surface area contributed by atoms with Crippen molar-refractivity contribution in [2.24, 2.45) is 5.92 Å². The lowest BCUT2D eigenvalue weighted by molar-refractivity contribution is 0.0746. The Morgan fingerprint density at radius 1 is 1.50 bits per heavy atom. The van der Waals surface area contributed by atoms with Gasteiger partial charge in [-0.3, -0.25) is 0 Å². The first-order valence-corrected chi connectivity index (χ1v) is 7.56. The summed E-state index contributed by atoms with van der Waals surface area (Å²) < 4.78 is 5.58. The van der Waals surface area contributed by atoms with Crippen molar-refractivity contribution in [3.05, 3.63) is 24.3 Å². The SMILES string of the molecule is CCCC1CCN(CC(O)COc2cccc(N)c2)C1. The zero-order chi connectivity index (χ0) is 14.4. The van der Waals surface area contributed by atoms with E-state index in [-0.39, 0.29) is 0 Å². The molecule has 4 heteroatoms. The summed E-state index contributed by atoms with van der Waals surface area (Å²) in [4.78, 5) is 2.34. The number of rotatable bonds is 7. The van der Waals surface area contributed by atoms with E-state index in [1.54, 1.807) is 6.07 Å². The lowest BCUT2D eigenvalue weighted by atomic mass is 10.0. The minimum absolute atomic E-state index is 0.318. The molecule has 2 unspecified atom stereocenters. The average molecular weight is 278 g/mol. The predicted molar refractivity (Wildman–Crippen MR) is 81.8 cm³/mol. The molecule has 1 heterocycles. The van der Waals surface area contributed by atoms with Crippen molar-refractivity contribution in [2.75, 3.05) is 32.0 Å². The third-order valence-corrected chi connectivity index (χ3v) is 3.84. The number of ether oxygens (including phenoxy) is 1. The Balaban J connectivity index is 1.69. The van der Waals surface area contributed by atoms with Crippen molar-refractivity contribution in [3.8, 4) is 5.75 Å². The number of hydrogen-bond donors (Lipinski definition) is 2. The number of nitrogen functional groups attached to an aromatic ring is 1. The van der Waals surface area contributed by atoms with Gasteiger partial charge in [0.25, 0.3) is 0 Å². The van der Waals surface area contributed by atoms with Crippen molar-refractivity contribution in [1.29, 1.82) is 0 Å². The number of nitrogens with zero attached hydrogens (tertiary/aromatic N) is 1. The molecular weight excluding hydrogens is 252 g/mol. The fourth-order valence-corrected chi connectivity index (χ4v) is 2.87. The molecule has 112 valence electrons. The van der Waals surface area contributed by atoms with Gasteiger partial charge in [0.05, 0.1) is 0 Å². The Hall–Kier alpha value is -1.26. The molecule has 1 aromatic carbocycles. The smallest absolute Gasteiger partial charge is 0.121 e. The number of anilines is 1. The van der Waals surface area contributed by atoms with Gasteiger partial charge in [-0.05, 0) is 37.4 Å². The Morgan fingerprint density at radius 3 is 3.10 bits per heavy atom. The predicted octanol–water partition coefficient (Wildman–Crippen LogP) is 2.13. The second-order valence-corrected chi connectivity index (χ2v) is 5.74. The third-order valence-electron chi connectivity index (χ3n) is 3.84. The van der Waals surface area contributed by atoms with Crippen molar-refractivity contribution < 1.29 is 9.84 Å². The molecule has 0 saturated carbocycles. The first kappa shape index (κ1) is 15.1. The molecule has 0 radical (unpaired) electrons. The number of benzene rings is 1. The summed E-state index contributed by atoms with van der Waals surface area (Å²) in [5.41, 5.74) is 6.37. The summed E-state index contributed by atoms with van der Waals surface area (Å²) in [5.74, 6) is 1.52. The molecule has 2 rings (SSSR count). The molecule has 1 aromatic rings. The van der Waals surface area contributed by atoms with E-state index in [1.807, 2.05) is 18.2 Å². The Morgan fingerprint density at radius 2 is 2.35 bits per heavy atom. The Labute approximate surface area is 121 Å². The molecule has 1 saturated heterocycles. The standard InChI is InChI=1S/C16H26N2O2/c1-2-4-13-7-8-18(10-13)11-15(19)12-20-16-6-3-5-14(17)9-16/h3,5-6,9,13,15,19H,2,4,7-8,10-12,17H2,1H3. The van der Waals surface area contributed by atoms with Gasteiger partial charge < -0.3 is 20.5 Å². The van der Waals surface area contributed by atoms with Crippen LogP contribution >= 0.6 is 0 Å². The number of aliphatic hydroxyl groups excluding tert-OH is 1. The van der Waals surface area contributed by atoms with E-state index in [9.17, 15) is 5.11 Å². The van der Waals surface area contributed by atoms with E-state index < -0.39 is 6.10 Å². The summed E-state index contributed by atoms with van der Waals surface area (Å²) >= 11 is 0. The monoisotopic (exact) mass is 278 g/mol. The average Bonchev–Trinajstić information content (AvgIpc) is 2.84. The largest absolute Gasteiger partial charge is 0.491 e. The van der Waals surface area contributed by atoms with Crippen LogP contribution in [0.4, 0.5) is 5.69 Å². The van der Waals surface area contributed by atoms with E-state index >= 15 is 0 Å². The zero-order valence-corrected chi connectivity index (χ0v) is 12.3. The number of β-amino-alcohol motifs (C(OH)–C–C–N with tert-alkyl or cyclic N) is 1. The second kappa shape index (κ2) is 7.50. The van der Waals surface area contributed by atoms with E-state index in [4.69, 9.17) is 10.5 Å². The summed E-state index contributed by atoms with van der Waals surface area (Å²) in [6, 6.07) is 7.31. The van der Waals surface area contributed by atoms with E-state index in [0.29, 0.717) is 24.6 Å². The number of aliphatic hydroxyl groups is 1. The van der Waals surface area contributed by atoms with Crippen LogP contribution in [-0.2, 0) is 0 Å². The van der Waals surface area contributed by atoms with Gasteiger partial charge in [-0.15, -0.1) is 0 Å². The number of likely N-dealkylation sites (tertiary alicyclic amines) is 1. The number of nitrogens with two attached hydrogens (primary N) is 1. The highest BCUT2D eigenvalue weighted by molar-refractivity contribution is 5.43. The molecule has 0 aromatic heterocycles. The molecule has 1 aliphatic heterocycles. The van der Waals surface area contributed by atoms with Gasteiger partial charge >= 0.3 is 0 Å². The molecule has 20 heavy (non-hydrogen) atoms. The lowest BCUT2D eigenvalue weighted by Crippen LogP contribution is -2.34. The summed E-state index contributed by atoms with van der Waals surface area (Å²) in [7, 11) is 0. The fourth-order valence-electron chi connectivity index (χ4n) is 2.87. The van der Waals surface area contributed by atoms with Gasteiger partial charge in [0.2, 0.25) is 0 Å². The molecule has 4 nitrogen and oxygen atoms in total. The van der Waals surface area contributed by atoms with Crippen LogP contribution in [0.1, 0.15) is 26.2 Å². The van der Waals surface area contributed by atoms with Crippen LogP contribution in [0.2, 0.25) is 0 Å². The molecule has 1 fully saturated rings. The maximum atomic E-state index is 10.1. The van der Waals surface area contributed by atoms with Crippen LogP contribution < -0.4 is 10.5 Å². The van der Waals surface area contributed by atoms with Crippen LogP contribution in [0.3, 0.4) is 0 Å². The van der Waals surface area contributed by atoms with Crippen LogP contribution in [0.5, 0.6) is 5.75 Å². The normalized spacial score (nSPS) is 21.0. The Bertz CT molecular complexity index is 411. The summed E-state index contributed by atoms with van der Waals surface area (Å²) in [6.45, 7) is 5.46. The van der Waals surface area contributed by atoms with E-state index in [2.05, 4.69) is 11.8 Å². The van der Waals surface area contributed by atoms with Gasteiger partial charge in [0.15, 0.2) is 0 Å². The van der Waals surface area contributed by atoms with Crippen molar-refractivity contribution in [3.63, 3.8) is 0 Å². The highest BCUT2D eigenvalue weighted by Gasteiger charge is 2.23. The number of hydrogen-bond acceptors (Lipinski definition) is 4. The maximum Gasteiger partial charge on any atom is 0.121 e. The molecule has 2 atom stereocenters. The minimum atomic E-state index is -0.447. The van der Waals surface area contributed by atoms with Crippen LogP contribution in [-0.4, -0.2) is 42.4 Å². The molecule has 0 bridgehead atoms. The van der Waals surface area contributed by atoms with Gasteiger partial charge in [0, 0.05) is 24.8 Å². The molecule has 0 amide bonds. The van der Waals surface area contributed by atoms with Gasteiger partial charge in [-0.2, -0.15) is 0 Å². The lowest BCUT2D eigenvalue weighted by Gasteiger charge is -2.20. The molecule has 3 N–H and O–H groups in total. The van der Waals surface area contributed by atoms with Gasteiger partial charge in [-0.1, -0.05) is 19.4 Å². The summed E-state index contributed by atoms with van der Waals surface area (Å²) in [6.07, 6.45) is 3.36. The van der Waals surface area contributed by atoms with Gasteiger partial charge in [-0.25, -0.2) is 0 Å². The zero-order valence-electron chi connectivity index (χ0n) is 12.3. The maximum absolute atomic E-state index is 10.1. The molecule has 0 spiro atoms. The molecule has 1 aliphatic rings. The Kier molecular flexibility index (Phi) is 5.68. The minimum Gasteiger partial charge on any atom is -0.491 e. The highest BCUT2D eigenvalue weighted by Crippen LogP contribution is 2.21. The van der Waals surface area contributed by atoms with Crippen molar-refractivity contribution in [2.45, 2.75) is 32.3 Å². The second-order valence-electron chi connectivity index (χ2n) is 5.74. The topological polar surface area (TPSA) is 58.7 Å². The first-order valence-electron chi connectivity index (χ1n) is 7.56. The quantitative estimate of drug-likeness (QED) is 0.750. The van der Waals surface area contributed by atoms with Crippen molar-refractivity contribution in [1.82, 2.24) is 4.90 Å². The van der Waals surface area contributed by atoms with Crippen LogP contribution in [0.25, 0.3) is 0 Å². The third kappa shape index (κ3) is 4.69. The molecular formula is C16H26N2O2. The van der Waals surface area contributed by atoms with Gasteiger partial charge in [0.1, 0.15) is 18.5 Å². The van der Waals surface area contributed by atoms with E-state index in [0.717, 1.165) is 19.0 Å². The van der Waals surface area contributed by atoms with Crippen LogP contribution in [0.15, 0.2) is 24.3 Å². The highest BCUT2D eigenvalue weighted by atomic mass is 16.5. The van der Waals surface area contributed by atoms with Crippen molar-refractivity contribution >= 4 is 5.69 Å². The molecule has 0 aliphatic carbocycles. The van der Waals surface area contributed by atoms with Crippen LogP contribution in [0, 0.1) is 5.92 Å². The fraction of sp³-hybridized carbons (Fsp3) is 0.625. The van der Waals surface area contributed by atoms with E-state index in [1.165, 1.54) is 19.3 Å². The first-order chi connectivity index (χ1) is 9.67.